The van der Waals surface area contributed by atoms with Crippen molar-refractivity contribution in [2.24, 2.45) is 5.92 Å². The Bertz CT molecular complexity index is 1040. The number of unbranched alkanes of at least 4 members (excludes halogenated alkanes) is 2. The molecule has 5 unspecified atom stereocenters. The highest BCUT2D eigenvalue weighted by atomic mass is 16.6. The van der Waals surface area contributed by atoms with Crippen molar-refractivity contribution in [2.75, 3.05) is 0 Å². The van der Waals surface area contributed by atoms with Crippen LogP contribution in [0.4, 0.5) is 0 Å². The van der Waals surface area contributed by atoms with Gasteiger partial charge in [0.2, 0.25) is 0 Å². The quantitative estimate of drug-likeness (QED) is 0.299. The smallest absolute Gasteiger partial charge is 0.338 e. The molecule has 0 heterocycles. The minimum Gasteiger partial charge on any atom is -0.459 e. The Kier molecular flexibility index (Phi) is 9.59. The third-order valence-electron chi connectivity index (χ3n) is 6.04. The molecule has 1 saturated carbocycles. The van der Waals surface area contributed by atoms with E-state index in [-0.39, 0.29) is 6.42 Å². The zero-order valence-corrected chi connectivity index (χ0v) is 19.7. The molecule has 2 N–H and O–H groups in total. The monoisotopic (exact) mass is 477 g/mol. The fourth-order valence-electron chi connectivity index (χ4n) is 4.25. The van der Waals surface area contributed by atoms with Crippen LogP contribution in [-0.2, 0) is 14.3 Å². The topological polar surface area (TPSA) is 117 Å². The molecule has 0 saturated heterocycles. The van der Waals surface area contributed by atoms with Crippen LogP contribution < -0.4 is 0 Å². The molecule has 0 radical (unpaired) electrons. The summed E-state index contributed by atoms with van der Waals surface area (Å²) < 4.78 is 11.0. The number of esters is 2. The first-order chi connectivity index (χ1) is 16.9. The Balaban J connectivity index is 1.69. The molecule has 2 aromatic rings. The van der Waals surface area contributed by atoms with Gasteiger partial charge in [-0.25, -0.2) is 4.79 Å². The van der Waals surface area contributed by atoms with Crippen molar-refractivity contribution in [1.29, 1.82) is 5.26 Å². The summed E-state index contributed by atoms with van der Waals surface area (Å²) in [5.41, 5.74) is 2.38. The molecule has 1 fully saturated rings. The maximum Gasteiger partial charge on any atom is 0.338 e. The number of aliphatic hydroxyl groups is 2. The molecular weight excluding hydrogens is 446 g/mol. The highest BCUT2D eigenvalue weighted by Gasteiger charge is 2.45. The molecule has 2 aromatic carbocycles. The molecule has 35 heavy (non-hydrogen) atoms. The Hall–Kier alpha value is -3.47. The Morgan fingerprint density at radius 1 is 1.09 bits per heavy atom. The average molecular weight is 478 g/mol. The van der Waals surface area contributed by atoms with Crippen molar-refractivity contribution >= 4 is 11.9 Å². The van der Waals surface area contributed by atoms with E-state index in [0.29, 0.717) is 31.2 Å². The Morgan fingerprint density at radius 2 is 1.77 bits per heavy atom. The number of nitrogens with zero attached hydrogens (tertiary/aromatic N) is 1. The minimum atomic E-state index is -1.00. The molecule has 0 aromatic heterocycles. The number of carbonyl (C=O) groups excluding carboxylic acids is 2. The van der Waals surface area contributed by atoms with Crippen molar-refractivity contribution in [3.63, 3.8) is 0 Å². The first-order valence-corrected chi connectivity index (χ1v) is 11.8. The molecule has 0 amide bonds. The highest BCUT2D eigenvalue weighted by Crippen LogP contribution is 2.34. The van der Waals surface area contributed by atoms with E-state index in [1.54, 1.807) is 24.3 Å². The standard InChI is InChI=1S/C28H31NO6/c1-19(30)34-27-24(16-15-23(31)10-6-3-7-17-29)26(18-25(27)32)35-28(33)22-13-11-21(12-14-22)20-8-4-2-5-9-20/h2,4-5,8-9,11-16,23-27,31-32H,3,6-7,10,18H2,1H3. The highest BCUT2D eigenvalue weighted by molar-refractivity contribution is 5.90. The number of ether oxygens (including phenoxy) is 2. The van der Waals surface area contributed by atoms with Gasteiger partial charge in [-0.3, -0.25) is 4.79 Å². The van der Waals surface area contributed by atoms with Gasteiger partial charge >= 0.3 is 11.9 Å². The summed E-state index contributed by atoms with van der Waals surface area (Å²) in [6, 6.07) is 18.9. The van der Waals surface area contributed by atoms with E-state index in [9.17, 15) is 19.8 Å². The van der Waals surface area contributed by atoms with Gasteiger partial charge < -0.3 is 19.7 Å². The van der Waals surface area contributed by atoms with Gasteiger partial charge in [0.15, 0.2) is 0 Å². The van der Waals surface area contributed by atoms with Crippen LogP contribution in [-0.4, -0.2) is 46.6 Å². The van der Waals surface area contributed by atoms with E-state index in [0.717, 1.165) is 11.1 Å². The van der Waals surface area contributed by atoms with Crippen LogP contribution in [0.3, 0.4) is 0 Å². The van der Waals surface area contributed by atoms with Crippen molar-refractivity contribution in [3.05, 3.63) is 72.3 Å². The fraction of sp³-hybridized carbons (Fsp3) is 0.393. The van der Waals surface area contributed by atoms with Crippen LogP contribution in [0.5, 0.6) is 0 Å². The number of aliphatic hydroxyl groups excluding tert-OH is 2. The van der Waals surface area contributed by atoms with Gasteiger partial charge in [-0.1, -0.05) is 54.6 Å². The molecule has 0 spiro atoms. The SMILES string of the molecule is CC(=O)OC1C(O)CC(OC(=O)c2ccc(-c3ccccc3)cc2)C1C=CC(O)CCCCC#N. The molecule has 1 aliphatic carbocycles. The molecule has 0 bridgehead atoms. The number of carbonyl (C=O) groups is 2. The number of hydrogen-bond acceptors (Lipinski definition) is 7. The summed E-state index contributed by atoms with van der Waals surface area (Å²) in [6.45, 7) is 1.26. The predicted molar refractivity (Wildman–Crippen MR) is 130 cm³/mol. The third-order valence-corrected chi connectivity index (χ3v) is 6.04. The van der Waals surface area contributed by atoms with Gasteiger partial charge in [-0.15, -0.1) is 0 Å². The van der Waals surface area contributed by atoms with Gasteiger partial charge in [0.1, 0.15) is 12.2 Å². The van der Waals surface area contributed by atoms with Gasteiger partial charge in [0.05, 0.1) is 29.8 Å². The second kappa shape index (κ2) is 12.8. The second-order valence-electron chi connectivity index (χ2n) is 8.70. The van der Waals surface area contributed by atoms with Gasteiger partial charge in [0.25, 0.3) is 0 Å². The molecule has 1 aliphatic rings. The van der Waals surface area contributed by atoms with Crippen LogP contribution in [0.25, 0.3) is 11.1 Å². The summed E-state index contributed by atoms with van der Waals surface area (Å²) >= 11 is 0. The van der Waals surface area contributed by atoms with Crippen molar-refractivity contribution in [1.82, 2.24) is 0 Å². The van der Waals surface area contributed by atoms with E-state index in [1.807, 2.05) is 42.5 Å². The Labute approximate surface area is 205 Å². The summed E-state index contributed by atoms with van der Waals surface area (Å²) in [4.78, 5) is 24.4. The van der Waals surface area contributed by atoms with E-state index in [1.165, 1.54) is 6.92 Å². The molecule has 7 heteroatoms. The molecule has 184 valence electrons. The normalized spacial score (nSPS) is 22.5. The molecule has 3 rings (SSSR count). The lowest BCUT2D eigenvalue weighted by atomic mass is 10.00. The summed E-state index contributed by atoms with van der Waals surface area (Å²) in [6.07, 6.45) is 2.26. The van der Waals surface area contributed by atoms with Crippen LogP contribution in [0.2, 0.25) is 0 Å². The van der Waals surface area contributed by atoms with Crippen LogP contribution in [0, 0.1) is 17.2 Å². The predicted octanol–water partition coefficient (Wildman–Crippen LogP) is 4.19. The molecule has 7 nitrogen and oxygen atoms in total. The van der Waals surface area contributed by atoms with Crippen molar-refractivity contribution < 1.29 is 29.3 Å². The van der Waals surface area contributed by atoms with Crippen molar-refractivity contribution in [2.45, 2.75) is 63.4 Å². The zero-order valence-electron chi connectivity index (χ0n) is 19.7. The lowest BCUT2D eigenvalue weighted by molar-refractivity contribution is -0.152. The third kappa shape index (κ3) is 7.51. The number of hydrogen-bond donors (Lipinski definition) is 2. The van der Waals surface area contributed by atoms with Crippen LogP contribution in [0.1, 0.15) is 49.4 Å². The Morgan fingerprint density at radius 3 is 2.43 bits per heavy atom. The lowest BCUT2D eigenvalue weighted by Gasteiger charge is -2.22. The van der Waals surface area contributed by atoms with Gasteiger partial charge in [-0.2, -0.15) is 5.26 Å². The molecular formula is C28H31NO6. The fourth-order valence-corrected chi connectivity index (χ4v) is 4.25. The lowest BCUT2D eigenvalue weighted by Crippen LogP contribution is -2.32. The van der Waals surface area contributed by atoms with E-state index in [4.69, 9.17) is 14.7 Å². The number of benzene rings is 2. The maximum absolute atomic E-state index is 12.9. The average Bonchev–Trinajstić information content (AvgIpc) is 3.14. The summed E-state index contributed by atoms with van der Waals surface area (Å²) in [7, 11) is 0. The first kappa shape index (κ1) is 26.1. The van der Waals surface area contributed by atoms with Gasteiger partial charge in [0, 0.05) is 19.8 Å². The zero-order chi connectivity index (χ0) is 25.2. The molecule has 0 aliphatic heterocycles. The van der Waals surface area contributed by atoms with Gasteiger partial charge in [-0.05, 0) is 42.5 Å². The van der Waals surface area contributed by atoms with E-state index in [2.05, 4.69) is 6.07 Å². The first-order valence-electron chi connectivity index (χ1n) is 11.8. The van der Waals surface area contributed by atoms with Crippen LogP contribution in [0.15, 0.2) is 66.7 Å². The van der Waals surface area contributed by atoms with Crippen molar-refractivity contribution in [3.8, 4) is 17.2 Å². The van der Waals surface area contributed by atoms with E-state index >= 15 is 0 Å². The second-order valence-corrected chi connectivity index (χ2v) is 8.70. The minimum absolute atomic E-state index is 0.110. The summed E-state index contributed by atoms with van der Waals surface area (Å²) in [5, 5.41) is 29.4. The number of nitriles is 1. The number of rotatable bonds is 10. The molecule has 5 atom stereocenters. The van der Waals surface area contributed by atoms with E-state index < -0.39 is 42.3 Å². The maximum atomic E-state index is 12.9. The summed E-state index contributed by atoms with van der Waals surface area (Å²) in [5.74, 6) is -1.69. The van der Waals surface area contributed by atoms with Crippen LogP contribution >= 0.6 is 0 Å². The largest absolute Gasteiger partial charge is 0.459 e.